The van der Waals surface area contributed by atoms with Crippen LogP contribution < -0.4 is 10.1 Å². The zero-order chi connectivity index (χ0) is 14.9. The van der Waals surface area contributed by atoms with E-state index < -0.39 is 0 Å². The highest BCUT2D eigenvalue weighted by atomic mass is 16.5. The van der Waals surface area contributed by atoms with E-state index in [2.05, 4.69) is 37.5 Å². The number of ether oxygens (including phenoxy) is 1. The van der Waals surface area contributed by atoms with Gasteiger partial charge in [-0.2, -0.15) is 0 Å². The van der Waals surface area contributed by atoms with Gasteiger partial charge in [0.1, 0.15) is 5.75 Å². The van der Waals surface area contributed by atoms with E-state index in [1.807, 2.05) is 0 Å². The van der Waals surface area contributed by atoms with Crippen LogP contribution in [0.3, 0.4) is 0 Å². The maximum Gasteiger partial charge on any atom is 0.122 e. The Kier molecular flexibility index (Phi) is 4.00. The van der Waals surface area contributed by atoms with Gasteiger partial charge in [0.15, 0.2) is 0 Å². The van der Waals surface area contributed by atoms with Gasteiger partial charge in [0, 0.05) is 17.5 Å². The average molecular weight is 287 g/mol. The summed E-state index contributed by atoms with van der Waals surface area (Å²) in [5, 5.41) is 3.45. The van der Waals surface area contributed by atoms with E-state index in [0.29, 0.717) is 5.41 Å². The molecule has 1 aromatic carbocycles. The second-order valence-corrected chi connectivity index (χ2v) is 7.43. The number of likely N-dealkylation sites (N-methyl/N-ethyl adjacent to an activating group) is 1. The van der Waals surface area contributed by atoms with E-state index in [9.17, 15) is 0 Å². The fraction of sp³-hybridized carbons (Fsp3) is 0.684. The van der Waals surface area contributed by atoms with Crippen molar-refractivity contribution in [1.82, 2.24) is 5.32 Å². The van der Waals surface area contributed by atoms with Crippen LogP contribution in [0.5, 0.6) is 5.75 Å². The Bertz CT molecular complexity index is 494. The molecule has 1 aromatic rings. The van der Waals surface area contributed by atoms with Crippen LogP contribution in [0, 0.1) is 12.3 Å². The summed E-state index contributed by atoms with van der Waals surface area (Å²) in [5.41, 5.74) is 3.68. The molecule has 0 atom stereocenters. The van der Waals surface area contributed by atoms with Gasteiger partial charge in [0.2, 0.25) is 0 Å². The molecule has 2 fully saturated rings. The fourth-order valence-electron chi connectivity index (χ4n) is 5.02. The number of nitrogens with one attached hydrogen (secondary N) is 1. The molecule has 0 heterocycles. The first-order chi connectivity index (χ1) is 10.1. The second kappa shape index (κ2) is 5.64. The first-order valence-corrected chi connectivity index (χ1v) is 8.43. The lowest BCUT2D eigenvalue weighted by Crippen LogP contribution is -2.55. The van der Waals surface area contributed by atoms with Crippen LogP contribution in [0.25, 0.3) is 0 Å². The molecule has 0 aromatic heterocycles. The second-order valence-electron chi connectivity index (χ2n) is 7.43. The van der Waals surface area contributed by atoms with Crippen molar-refractivity contribution in [1.29, 1.82) is 0 Å². The molecule has 0 aliphatic heterocycles. The summed E-state index contributed by atoms with van der Waals surface area (Å²) in [6, 6.07) is 6.66. The SMILES string of the molecule is CNCC1(c2cc(C)ccc2OC)CC2(CCCCC2)C1. The van der Waals surface area contributed by atoms with E-state index in [-0.39, 0.29) is 5.41 Å². The van der Waals surface area contributed by atoms with Crippen LogP contribution in [0.2, 0.25) is 0 Å². The summed E-state index contributed by atoms with van der Waals surface area (Å²) in [7, 11) is 3.88. The van der Waals surface area contributed by atoms with E-state index in [0.717, 1.165) is 12.3 Å². The van der Waals surface area contributed by atoms with Gasteiger partial charge in [-0.05, 0) is 51.1 Å². The summed E-state index contributed by atoms with van der Waals surface area (Å²) in [5.74, 6) is 1.07. The van der Waals surface area contributed by atoms with Gasteiger partial charge in [0.05, 0.1) is 7.11 Å². The van der Waals surface area contributed by atoms with Crippen molar-refractivity contribution in [3.63, 3.8) is 0 Å². The van der Waals surface area contributed by atoms with E-state index in [1.165, 1.54) is 56.1 Å². The van der Waals surface area contributed by atoms with Crippen molar-refractivity contribution in [2.75, 3.05) is 20.7 Å². The third-order valence-corrected chi connectivity index (χ3v) is 5.78. The Balaban J connectivity index is 1.91. The van der Waals surface area contributed by atoms with Crippen LogP contribution in [0.1, 0.15) is 56.1 Å². The summed E-state index contributed by atoms with van der Waals surface area (Å²) >= 11 is 0. The minimum Gasteiger partial charge on any atom is -0.496 e. The van der Waals surface area contributed by atoms with Crippen molar-refractivity contribution in [2.24, 2.45) is 5.41 Å². The molecule has 1 spiro atoms. The van der Waals surface area contributed by atoms with Crippen LogP contribution in [0.4, 0.5) is 0 Å². The Hall–Kier alpha value is -1.02. The number of methoxy groups -OCH3 is 1. The normalized spacial score (nSPS) is 22.8. The van der Waals surface area contributed by atoms with Gasteiger partial charge in [-0.1, -0.05) is 37.0 Å². The molecule has 2 saturated carbocycles. The first-order valence-electron chi connectivity index (χ1n) is 8.43. The molecule has 2 heteroatoms. The van der Waals surface area contributed by atoms with Crippen molar-refractivity contribution >= 4 is 0 Å². The molecule has 0 amide bonds. The van der Waals surface area contributed by atoms with Crippen LogP contribution >= 0.6 is 0 Å². The predicted molar refractivity (Wildman–Crippen MR) is 88.1 cm³/mol. The largest absolute Gasteiger partial charge is 0.496 e. The highest BCUT2D eigenvalue weighted by molar-refractivity contribution is 5.45. The van der Waals surface area contributed by atoms with Crippen LogP contribution in [0.15, 0.2) is 18.2 Å². The Morgan fingerprint density at radius 2 is 1.86 bits per heavy atom. The quantitative estimate of drug-likeness (QED) is 0.896. The van der Waals surface area contributed by atoms with Gasteiger partial charge < -0.3 is 10.1 Å². The molecule has 2 aliphatic rings. The highest BCUT2D eigenvalue weighted by Crippen LogP contribution is 2.62. The molecule has 0 radical (unpaired) electrons. The van der Waals surface area contributed by atoms with Crippen LogP contribution in [-0.4, -0.2) is 20.7 Å². The minimum absolute atomic E-state index is 0.281. The molecule has 0 bridgehead atoms. The first kappa shape index (κ1) is 14.9. The van der Waals surface area contributed by atoms with Crippen molar-refractivity contribution in [3.8, 4) is 5.75 Å². The molecule has 2 aliphatic carbocycles. The van der Waals surface area contributed by atoms with E-state index in [4.69, 9.17) is 4.74 Å². The molecule has 21 heavy (non-hydrogen) atoms. The summed E-state index contributed by atoms with van der Waals surface area (Å²) in [4.78, 5) is 0. The molecule has 0 saturated heterocycles. The Morgan fingerprint density at radius 3 is 2.48 bits per heavy atom. The van der Waals surface area contributed by atoms with Crippen molar-refractivity contribution in [2.45, 2.75) is 57.3 Å². The Labute approximate surface area is 129 Å². The van der Waals surface area contributed by atoms with Gasteiger partial charge in [-0.25, -0.2) is 0 Å². The minimum atomic E-state index is 0.281. The lowest BCUT2D eigenvalue weighted by Gasteiger charge is -2.59. The Morgan fingerprint density at radius 1 is 1.14 bits per heavy atom. The lowest BCUT2D eigenvalue weighted by atomic mass is 9.46. The summed E-state index contributed by atoms with van der Waals surface area (Å²) in [6.45, 7) is 3.25. The lowest BCUT2D eigenvalue weighted by molar-refractivity contribution is -0.0129. The van der Waals surface area contributed by atoms with Crippen LogP contribution in [-0.2, 0) is 5.41 Å². The molecule has 2 nitrogen and oxygen atoms in total. The van der Waals surface area contributed by atoms with Gasteiger partial charge in [0.25, 0.3) is 0 Å². The summed E-state index contributed by atoms with van der Waals surface area (Å²) < 4.78 is 5.68. The molecular weight excluding hydrogens is 258 g/mol. The zero-order valence-electron chi connectivity index (χ0n) is 13.8. The maximum atomic E-state index is 5.68. The highest BCUT2D eigenvalue weighted by Gasteiger charge is 2.55. The average Bonchev–Trinajstić information content (AvgIpc) is 2.46. The van der Waals surface area contributed by atoms with Crippen molar-refractivity contribution in [3.05, 3.63) is 29.3 Å². The van der Waals surface area contributed by atoms with E-state index in [1.54, 1.807) is 7.11 Å². The topological polar surface area (TPSA) is 21.3 Å². The van der Waals surface area contributed by atoms with Gasteiger partial charge in [-0.15, -0.1) is 0 Å². The molecule has 0 unspecified atom stereocenters. The molecular formula is C19H29NO. The number of hydrogen-bond donors (Lipinski definition) is 1. The number of aryl methyl sites for hydroxylation is 1. The summed E-state index contributed by atoms with van der Waals surface area (Å²) in [6.07, 6.45) is 9.84. The van der Waals surface area contributed by atoms with Gasteiger partial charge in [-0.3, -0.25) is 0 Å². The van der Waals surface area contributed by atoms with Crippen molar-refractivity contribution < 1.29 is 4.74 Å². The van der Waals surface area contributed by atoms with Gasteiger partial charge >= 0.3 is 0 Å². The number of hydrogen-bond acceptors (Lipinski definition) is 2. The predicted octanol–water partition coefficient (Wildman–Crippen LogP) is 4.21. The third kappa shape index (κ3) is 2.59. The molecule has 116 valence electrons. The van der Waals surface area contributed by atoms with E-state index >= 15 is 0 Å². The standard InChI is InChI=1S/C19H29NO/c1-15-7-8-17(21-3)16(11-15)19(14-20-2)12-18(13-19)9-5-4-6-10-18/h7-8,11,20H,4-6,9-10,12-14H2,1-3H3. The molecule has 3 rings (SSSR count). The smallest absolute Gasteiger partial charge is 0.122 e. The fourth-order valence-corrected chi connectivity index (χ4v) is 5.02. The monoisotopic (exact) mass is 287 g/mol. The molecule has 1 N–H and O–H groups in total. The third-order valence-electron chi connectivity index (χ3n) is 5.78. The number of rotatable bonds is 4. The number of benzene rings is 1. The maximum absolute atomic E-state index is 5.68. The zero-order valence-corrected chi connectivity index (χ0v) is 13.8.